The number of rotatable bonds is 9. The second-order valence-corrected chi connectivity index (χ2v) is 7.70. The molecule has 0 radical (unpaired) electrons. The summed E-state index contributed by atoms with van der Waals surface area (Å²) >= 11 is 0. The van der Waals surface area contributed by atoms with Crippen LogP contribution in [-0.2, 0) is 12.8 Å². The third-order valence-electron chi connectivity index (χ3n) is 5.29. The van der Waals surface area contributed by atoms with Crippen molar-refractivity contribution in [3.8, 4) is 17.2 Å². The molecule has 0 spiro atoms. The Bertz CT molecular complexity index is 1160. The number of carboxylic acids is 1. The fraction of sp³-hybridized carbons (Fsp3) is 0.333. The zero-order chi connectivity index (χ0) is 22.5. The number of hydrogen-bond acceptors (Lipinski definition) is 6. The van der Waals surface area contributed by atoms with E-state index in [9.17, 15) is 30.0 Å². The summed E-state index contributed by atoms with van der Waals surface area (Å²) in [6, 6.07) is 6.34. The van der Waals surface area contributed by atoms with Gasteiger partial charge in [-0.1, -0.05) is 32.6 Å². The third-order valence-corrected chi connectivity index (χ3v) is 5.29. The molecule has 0 unspecified atom stereocenters. The van der Waals surface area contributed by atoms with Crippen molar-refractivity contribution in [1.29, 1.82) is 0 Å². The number of unbranched alkanes of at least 4 members (excludes halogenated alkanes) is 4. The third kappa shape index (κ3) is 5.17. The van der Waals surface area contributed by atoms with Gasteiger partial charge in [0, 0.05) is 18.6 Å². The van der Waals surface area contributed by atoms with E-state index in [1.165, 1.54) is 12.1 Å². The van der Waals surface area contributed by atoms with Crippen molar-refractivity contribution in [2.45, 2.75) is 51.9 Å². The van der Waals surface area contributed by atoms with Gasteiger partial charge < -0.3 is 24.8 Å². The van der Waals surface area contributed by atoms with Gasteiger partial charge >= 0.3 is 5.97 Å². The minimum atomic E-state index is -1.28. The minimum absolute atomic E-state index is 0.00939. The average Bonchev–Trinajstić information content (AvgIpc) is 2.69. The van der Waals surface area contributed by atoms with Crippen LogP contribution in [-0.4, -0.2) is 26.4 Å². The largest absolute Gasteiger partial charge is 0.508 e. The van der Waals surface area contributed by atoms with Gasteiger partial charge in [0.2, 0.25) is 0 Å². The van der Waals surface area contributed by atoms with Gasteiger partial charge in [0.25, 0.3) is 0 Å². The van der Waals surface area contributed by atoms with Gasteiger partial charge in [-0.25, -0.2) is 4.79 Å². The second kappa shape index (κ2) is 9.55. The van der Waals surface area contributed by atoms with E-state index in [-0.39, 0.29) is 40.1 Å². The lowest BCUT2D eigenvalue weighted by Crippen LogP contribution is -2.08. The topological polar surface area (TPSA) is 128 Å². The van der Waals surface area contributed by atoms with Gasteiger partial charge in [-0.05, 0) is 42.2 Å². The van der Waals surface area contributed by atoms with Crippen molar-refractivity contribution in [3.63, 3.8) is 0 Å². The number of carbonyl (C=O) groups is 1. The van der Waals surface area contributed by atoms with Crippen LogP contribution in [0.15, 0.2) is 39.5 Å². The molecule has 0 atom stereocenters. The minimum Gasteiger partial charge on any atom is -0.508 e. The second-order valence-electron chi connectivity index (χ2n) is 7.70. The summed E-state index contributed by atoms with van der Waals surface area (Å²) in [5.41, 5.74) is 0.647. The van der Waals surface area contributed by atoms with Crippen LogP contribution in [0.4, 0.5) is 0 Å². The summed E-state index contributed by atoms with van der Waals surface area (Å²) in [5.74, 6) is -2.12. The number of aromatic hydroxyl groups is 3. The molecule has 31 heavy (non-hydrogen) atoms. The normalized spacial score (nSPS) is 11.1. The maximum atomic E-state index is 12.8. The molecule has 0 bridgehead atoms. The summed E-state index contributed by atoms with van der Waals surface area (Å²) in [6.45, 7) is 2.14. The Labute approximate surface area is 179 Å². The Hall–Kier alpha value is -3.48. The van der Waals surface area contributed by atoms with Crippen molar-refractivity contribution in [1.82, 2.24) is 0 Å². The smallest absolute Gasteiger partial charge is 0.336 e. The lowest BCUT2D eigenvalue weighted by atomic mass is 9.99. The first-order valence-corrected chi connectivity index (χ1v) is 10.4. The highest BCUT2D eigenvalue weighted by molar-refractivity contribution is 5.90. The summed E-state index contributed by atoms with van der Waals surface area (Å²) in [4.78, 5) is 24.3. The molecule has 4 N–H and O–H groups in total. The van der Waals surface area contributed by atoms with E-state index in [1.54, 1.807) is 6.07 Å². The molecule has 3 rings (SSSR count). The molecule has 0 saturated heterocycles. The Morgan fingerprint density at radius 3 is 2.32 bits per heavy atom. The number of benzene rings is 2. The lowest BCUT2D eigenvalue weighted by Gasteiger charge is -2.11. The predicted octanol–water partition coefficient (Wildman–Crippen LogP) is 4.71. The molecule has 0 saturated carbocycles. The quantitative estimate of drug-likeness (QED) is 0.288. The molecule has 0 fully saturated rings. The van der Waals surface area contributed by atoms with Crippen LogP contribution in [0.5, 0.6) is 17.2 Å². The van der Waals surface area contributed by atoms with Crippen LogP contribution < -0.4 is 5.43 Å². The monoisotopic (exact) mass is 426 g/mol. The number of phenolic OH excluding ortho intramolecular Hbond substituents is 3. The first kappa shape index (κ1) is 22.2. The Kier molecular flexibility index (Phi) is 6.84. The highest BCUT2D eigenvalue weighted by Gasteiger charge is 2.17. The van der Waals surface area contributed by atoms with Gasteiger partial charge in [-0.15, -0.1) is 0 Å². The Balaban J connectivity index is 1.96. The molecule has 7 heteroatoms. The van der Waals surface area contributed by atoms with Gasteiger partial charge in [-0.2, -0.15) is 0 Å². The van der Waals surface area contributed by atoms with Crippen LogP contribution in [0.2, 0.25) is 0 Å². The number of aromatic carboxylic acids is 1. The van der Waals surface area contributed by atoms with Gasteiger partial charge in [0.15, 0.2) is 16.9 Å². The number of carboxylic acid groups (broad SMARTS) is 1. The highest BCUT2D eigenvalue weighted by atomic mass is 16.4. The van der Waals surface area contributed by atoms with Gasteiger partial charge in [-0.3, -0.25) is 4.79 Å². The van der Waals surface area contributed by atoms with E-state index >= 15 is 0 Å². The van der Waals surface area contributed by atoms with Crippen LogP contribution in [0.3, 0.4) is 0 Å². The molecule has 0 aliphatic heterocycles. The standard InChI is InChI=1S/C24H26O7/c1-2-3-4-5-6-7-14-8-16(25)11-22-23(14)21(28)12-17(31-22)9-15-10-19(26)20(27)13-18(15)24(29)30/h8,10-13,25-27H,2-7,9H2,1H3,(H,29,30). The first-order valence-electron chi connectivity index (χ1n) is 10.4. The van der Waals surface area contributed by atoms with E-state index in [2.05, 4.69) is 6.92 Å². The van der Waals surface area contributed by atoms with Crippen molar-refractivity contribution in [2.75, 3.05) is 0 Å². The maximum Gasteiger partial charge on any atom is 0.336 e. The summed E-state index contributed by atoms with van der Waals surface area (Å²) < 4.78 is 5.82. The highest BCUT2D eigenvalue weighted by Crippen LogP contribution is 2.31. The maximum absolute atomic E-state index is 12.8. The van der Waals surface area contributed by atoms with Crippen LogP contribution in [0, 0.1) is 0 Å². The fourth-order valence-electron chi connectivity index (χ4n) is 3.76. The summed E-state index contributed by atoms with van der Waals surface area (Å²) in [7, 11) is 0. The van der Waals surface area contributed by atoms with Gasteiger partial charge in [0.05, 0.1) is 10.9 Å². The summed E-state index contributed by atoms with van der Waals surface area (Å²) in [6.07, 6.45) is 5.93. The Morgan fingerprint density at radius 2 is 1.61 bits per heavy atom. The molecule has 1 aromatic heterocycles. The average molecular weight is 426 g/mol. The first-order chi connectivity index (χ1) is 14.8. The Morgan fingerprint density at radius 1 is 0.903 bits per heavy atom. The van der Waals surface area contributed by atoms with E-state index in [0.717, 1.165) is 49.8 Å². The molecule has 0 aliphatic carbocycles. The zero-order valence-corrected chi connectivity index (χ0v) is 17.4. The molecular weight excluding hydrogens is 400 g/mol. The van der Waals surface area contributed by atoms with Crippen molar-refractivity contribution >= 4 is 16.9 Å². The number of phenols is 3. The fourth-order valence-corrected chi connectivity index (χ4v) is 3.76. The molecule has 2 aromatic carbocycles. The van der Waals surface area contributed by atoms with E-state index in [1.807, 2.05) is 0 Å². The molecule has 164 valence electrons. The number of aryl methyl sites for hydroxylation is 1. The van der Waals surface area contributed by atoms with Crippen LogP contribution in [0.25, 0.3) is 11.0 Å². The molecule has 0 aliphatic rings. The van der Waals surface area contributed by atoms with E-state index in [0.29, 0.717) is 11.8 Å². The molecule has 3 aromatic rings. The van der Waals surface area contributed by atoms with E-state index < -0.39 is 17.5 Å². The summed E-state index contributed by atoms with van der Waals surface area (Å²) in [5, 5.41) is 39.2. The van der Waals surface area contributed by atoms with E-state index in [4.69, 9.17) is 4.42 Å². The van der Waals surface area contributed by atoms with Crippen LogP contribution >= 0.6 is 0 Å². The number of fused-ring (bicyclic) bond motifs is 1. The predicted molar refractivity (Wildman–Crippen MR) is 116 cm³/mol. The molecule has 1 heterocycles. The SMILES string of the molecule is CCCCCCCc1cc(O)cc2oc(Cc3cc(O)c(O)cc3C(=O)O)cc(=O)c12. The van der Waals surface area contributed by atoms with Crippen molar-refractivity contribution in [2.24, 2.45) is 0 Å². The number of hydrogen-bond donors (Lipinski definition) is 4. The zero-order valence-electron chi connectivity index (χ0n) is 17.4. The van der Waals surface area contributed by atoms with Crippen molar-refractivity contribution in [3.05, 3.63) is 63.0 Å². The molecule has 0 amide bonds. The molecular formula is C24H26O7. The van der Waals surface area contributed by atoms with Gasteiger partial charge in [0.1, 0.15) is 17.1 Å². The molecule has 7 nitrogen and oxygen atoms in total. The van der Waals surface area contributed by atoms with Crippen molar-refractivity contribution < 1.29 is 29.6 Å². The van der Waals surface area contributed by atoms with Crippen LogP contribution in [0.1, 0.15) is 66.3 Å². The lowest BCUT2D eigenvalue weighted by molar-refractivity contribution is 0.0695.